The minimum Gasteiger partial charge on any atom is -0.439 e. The van der Waals surface area contributed by atoms with Crippen LogP contribution >= 0.6 is 11.6 Å². The molecule has 0 aliphatic rings. The molecule has 0 atom stereocenters. The SMILES string of the molecule is CC(C)(C)c1ccc(Oc2cccc(Cl)n2)cc1. The Labute approximate surface area is 113 Å². The number of halogens is 1. The van der Waals surface area contributed by atoms with Crippen molar-refractivity contribution in [3.63, 3.8) is 0 Å². The van der Waals surface area contributed by atoms with Crippen LogP contribution in [0.15, 0.2) is 42.5 Å². The molecular weight excluding hydrogens is 246 g/mol. The van der Waals surface area contributed by atoms with Crippen molar-refractivity contribution in [3.05, 3.63) is 53.2 Å². The average molecular weight is 262 g/mol. The van der Waals surface area contributed by atoms with E-state index in [0.29, 0.717) is 11.0 Å². The molecule has 0 amide bonds. The summed E-state index contributed by atoms with van der Waals surface area (Å²) in [5.41, 5.74) is 1.42. The van der Waals surface area contributed by atoms with Gasteiger partial charge in [-0.1, -0.05) is 50.6 Å². The van der Waals surface area contributed by atoms with Crippen LogP contribution in [0.1, 0.15) is 26.3 Å². The molecule has 0 aliphatic heterocycles. The van der Waals surface area contributed by atoms with Crippen LogP contribution in [0, 0.1) is 0 Å². The molecule has 94 valence electrons. The minimum atomic E-state index is 0.146. The van der Waals surface area contributed by atoms with Crippen LogP contribution in [0.2, 0.25) is 5.15 Å². The van der Waals surface area contributed by atoms with Crippen molar-refractivity contribution >= 4 is 11.6 Å². The third-order valence-corrected chi connectivity index (χ3v) is 2.84. The number of pyridine rings is 1. The molecule has 18 heavy (non-hydrogen) atoms. The van der Waals surface area contributed by atoms with Crippen LogP contribution < -0.4 is 4.74 Å². The highest BCUT2D eigenvalue weighted by Crippen LogP contribution is 2.26. The zero-order chi connectivity index (χ0) is 13.2. The Balaban J connectivity index is 2.16. The predicted octanol–water partition coefficient (Wildman–Crippen LogP) is 4.82. The third-order valence-electron chi connectivity index (χ3n) is 2.63. The monoisotopic (exact) mass is 261 g/mol. The number of ether oxygens (including phenoxy) is 1. The summed E-state index contributed by atoms with van der Waals surface area (Å²) in [6.07, 6.45) is 0. The van der Waals surface area contributed by atoms with E-state index < -0.39 is 0 Å². The lowest BCUT2D eigenvalue weighted by molar-refractivity contribution is 0.462. The maximum atomic E-state index is 5.81. The van der Waals surface area contributed by atoms with E-state index in [0.717, 1.165) is 5.75 Å². The standard InChI is InChI=1S/C15H16ClNO/c1-15(2,3)11-7-9-12(10-8-11)18-14-6-4-5-13(16)17-14/h4-10H,1-3H3. The fourth-order valence-corrected chi connectivity index (χ4v) is 1.75. The molecule has 0 saturated heterocycles. The zero-order valence-corrected chi connectivity index (χ0v) is 11.5. The summed E-state index contributed by atoms with van der Waals surface area (Å²) in [6, 6.07) is 13.3. The fourth-order valence-electron chi connectivity index (χ4n) is 1.59. The first-order chi connectivity index (χ1) is 8.45. The molecule has 0 saturated carbocycles. The van der Waals surface area contributed by atoms with Crippen LogP contribution in [0.4, 0.5) is 0 Å². The molecule has 0 aliphatic carbocycles. The second-order valence-electron chi connectivity index (χ2n) is 5.17. The number of benzene rings is 1. The third kappa shape index (κ3) is 3.23. The van der Waals surface area contributed by atoms with Gasteiger partial charge in [0, 0.05) is 6.07 Å². The van der Waals surface area contributed by atoms with E-state index in [4.69, 9.17) is 16.3 Å². The van der Waals surface area contributed by atoms with Crippen molar-refractivity contribution in [1.82, 2.24) is 4.98 Å². The van der Waals surface area contributed by atoms with E-state index in [1.54, 1.807) is 12.1 Å². The number of rotatable bonds is 2. The van der Waals surface area contributed by atoms with Crippen molar-refractivity contribution in [2.24, 2.45) is 0 Å². The van der Waals surface area contributed by atoms with E-state index in [1.165, 1.54) is 5.56 Å². The van der Waals surface area contributed by atoms with Gasteiger partial charge in [-0.2, -0.15) is 0 Å². The van der Waals surface area contributed by atoms with Gasteiger partial charge >= 0.3 is 0 Å². The van der Waals surface area contributed by atoms with Crippen LogP contribution in [-0.2, 0) is 5.41 Å². The second kappa shape index (κ2) is 4.99. The van der Waals surface area contributed by atoms with Gasteiger partial charge < -0.3 is 4.74 Å². The molecule has 3 heteroatoms. The Kier molecular flexibility index (Phi) is 3.58. The molecule has 1 heterocycles. The van der Waals surface area contributed by atoms with E-state index in [1.807, 2.05) is 18.2 Å². The molecule has 2 rings (SSSR count). The Morgan fingerprint density at radius 3 is 2.22 bits per heavy atom. The van der Waals surface area contributed by atoms with Crippen LogP contribution in [-0.4, -0.2) is 4.98 Å². The van der Waals surface area contributed by atoms with Crippen molar-refractivity contribution in [2.75, 3.05) is 0 Å². The molecule has 2 aromatic rings. The molecule has 0 bridgehead atoms. The highest BCUT2D eigenvalue weighted by Gasteiger charge is 2.13. The largest absolute Gasteiger partial charge is 0.439 e. The first kappa shape index (κ1) is 12.9. The number of hydrogen-bond acceptors (Lipinski definition) is 2. The number of nitrogens with zero attached hydrogens (tertiary/aromatic N) is 1. The van der Waals surface area contributed by atoms with Crippen LogP contribution in [0.5, 0.6) is 11.6 Å². The Bertz CT molecular complexity index is 529. The molecule has 0 spiro atoms. The first-order valence-corrected chi connectivity index (χ1v) is 6.24. The Morgan fingerprint density at radius 1 is 1.00 bits per heavy atom. The van der Waals surface area contributed by atoms with Gasteiger partial charge in [0.15, 0.2) is 0 Å². The number of hydrogen-bond donors (Lipinski definition) is 0. The average Bonchev–Trinajstić information content (AvgIpc) is 2.28. The normalized spacial score (nSPS) is 11.3. The van der Waals surface area contributed by atoms with Crippen molar-refractivity contribution in [2.45, 2.75) is 26.2 Å². The minimum absolute atomic E-state index is 0.146. The van der Waals surface area contributed by atoms with Gasteiger partial charge in [0.25, 0.3) is 0 Å². The number of aromatic nitrogens is 1. The molecule has 0 radical (unpaired) electrons. The Hall–Kier alpha value is -1.54. The molecular formula is C15H16ClNO. The molecule has 1 aromatic heterocycles. The maximum absolute atomic E-state index is 5.81. The Morgan fingerprint density at radius 2 is 1.67 bits per heavy atom. The lowest BCUT2D eigenvalue weighted by atomic mass is 9.87. The first-order valence-electron chi connectivity index (χ1n) is 5.86. The molecule has 0 N–H and O–H groups in total. The molecule has 0 unspecified atom stereocenters. The lowest BCUT2D eigenvalue weighted by Gasteiger charge is -2.19. The van der Waals surface area contributed by atoms with Gasteiger partial charge in [0.2, 0.25) is 5.88 Å². The molecule has 1 aromatic carbocycles. The van der Waals surface area contributed by atoms with Crippen LogP contribution in [0.25, 0.3) is 0 Å². The van der Waals surface area contributed by atoms with Crippen molar-refractivity contribution in [3.8, 4) is 11.6 Å². The van der Waals surface area contributed by atoms with Gasteiger partial charge in [0.1, 0.15) is 10.9 Å². The molecule has 2 nitrogen and oxygen atoms in total. The zero-order valence-electron chi connectivity index (χ0n) is 10.8. The summed E-state index contributed by atoms with van der Waals surface area (Å²) >= 11 is 5.81. The highest BCUT2D eigenvalue weighted by atomic mass is 35.5. The van der Waals surface area contributed by atoms with E-state index in [9.17, 15) is 0 Å². The maximum Gasteiger partial charge on any atom is 0.220 e. The summed E-state index contributed by atoms with van der Waals surface area (Å²) in [7, 11) is 0. The van der Waals surface area contributed by atoms with Crippen molar-refractivity contribution < 1.29 is 4.74 Å². The summed E-state index contributed by atoms with van der Waals surface area (Å²) in [5.74, 6) is 1.27. The van der Waals surface area contributed by atoms with E-state index in [2.05, 4.69) is 37.9 Å². The van der Waals surface area contributed by atoms with E-state index >= 15 is 0 Å². The summed E-state index contributed by atoms with van der Waals surface area (Å²) < 4.78 is 5.63. The van der Waals surface area contributed by atoms with E-state index in [-0.39, 0.29) is 5.41 Å². The predicted molar refractivity (Wildman–Crippen MR) is 74.5 cm³/mol. The smallest absolute Gasteiger partial charge is 0.220 e. The summed E-state index contributed by atoms with van der Waals surface area (Å²) in [5, 5.41) is 0.429. The second-order valence-corrected chi connectivity index (χ2v) is 5.56. The lowest BCUT2D eigenvalue weighted by Crippen LogP contribution is -2.10. The van der Waals surface area contributed by atoms with Crippen molar-refractivity contribution in [1.29, 1.82) is 0 Å². The quantitative estimate of drug-likeness (QED) is 0.723. The van der Waals surface area contributed by atoms with Gasteiger partial charge in [-0.3, -0.25) is 0 Å². The van der Waals surface area contributed by atoms with Gasteiger partial charge in [0.05, 0.1) is 0 Å². The van der Waals surface area contributed by atoms with Gasteiger partial charge in [-0.25, -0.2) is 4.98 Å². The molecule has 0 fully saturated rings. The van der Waals surface area contributed by atoms with Gasteiger partial charge in [-0.15, -0.1) is 0 Å². The summed E-state index contributed by atoms with van der Waals surface area (Å²) in [6.45, 7) is 6.55. The van der Waals surface area contributed by atoms with Crippen LogP contribution in [0.3, 0.4) is 0 Å². The topological polar surface area (TPSA) is 22.1 Å². The van der Waals surface area contributed by atoms with Gasteiger partial charge in [-0.05, 0) is 29.2 Å². The highest BCUT2D eigenvalue weighted by molar-refractivity contribution is 6.29. The fraction of sp³-hybridized carbons (Fsp3) is 0.267. The summed E-state index contributed by atoms with van der Waals surface area (Å²) in [4.78, 5) is 4.08.